The number of para-hydroxylation sites is 1. The molecule has 1 aromatic rings. The summed E-state index contributed by atoms with van der Waals surface area (Å²) in [5, 5.41) is 30.8. The lowest BCUT2D eigenvalue weighted by atomic mass is 10.0. The summed E-state index contributed by atoms with van der Waals surface area (Å²) in [5.41, 5.74) is 0.477. The lowest BCUT2D eigenvalue weighted by Gasteiger charge is -2.17. The normalized spacial score (nSPS) is 12.6. The second-order valence-electron chi connectivity index (χ2n) is 4.69. The van der Waals surface area contributed by atoms with Gasteiger partial charge in [0.1, 0.15) is 6.04 Å². The van der Waals surface area contributed by atoms with Gasteiger partial charge in [-0.1, -0.05) is 26.0 Å². The molecule has 1 unspecified atom stereocenters. The molecular weight excluding hydrogens is 234 g/mol. The highest BCUT2D eigenvalue weighted by molar-refractivity contribution is 5.73. The van der Waals surface area contributed by atoms with E-state index in [4.69, 9.17) is 5.11 Å². The Bertz CT molecular complexity index is 417. The number of hydrogen-bond donors (Lipinski definition) is 4. The zero-order valence-corrected chi connectivity index (χ0v) is 10.6. The molecule has 5 nitrogen and oxygen atoms in total. The smallest absolute Gasteiger partial charge is 0.320 e. The predicted octanol–water partition coefficient (Wildman–Crippen LogP) is 1.69. The van der Waals surface area contributed by atoms with Crippen molar-refractivity contribution >= 4 is 5.97 Å². The van der Waals surface area contributed by atoms with Crippen molar-refractivity contribution in [1.29, 1.82) is 0 Å². The molecule has 0 bridgehead atoms. The molecule has 1 rings (SSSR count). The van der Waals surface area contributed by atoms with E-state index in [1.807, 2.05) is 13.8 Å². The van der Waals surface area contributed by atoms with E-state index in [1.54, 1.807) is 12.1 Å². The minimum absolute atomic E-state index is 0.198. The maximum Gasteiger partial charge on any atom is 0.320 e. The number of carbonyl (C=O) groups is 1. The number of benzene rings is 1. The second kappa shape index (κ2) is 6.26. The number of carboxylic acid groups (broad SMARTS) is 1. The van der Waals surface area contributed by atoms with Gasteiger partial charge in [0.2, 0.25) is 0 Å². The van der Waals surface area contributed by atoms with Crippen LogP contribution in [0.5, 0.6) is 11.5 Å². The van der Waals surface area contributed by atoms with E-state index in [1.165, 1.54) is 6.07 Å². The molecule has 0 aliphatic carbocycles. The van der Waals surface area contributed by atoms with Gasteiger partial charge >= 0.3 is 5.97 Å². The monoisotopic (exact) mass is 253 g/mol. The van der Waals surface area contributed by atoms with Crippen LogP contribution in [0.25, 0.3) is 0 Å². The first kappa shape index (κ1) is 14.3. The minimum Gasteiger partial charge on any atom is -0.504 e. The van der Waals surface area contributed by atoms with E-state index in [2.05, 4.69) is 5.32 Å². The Morgan fingerprint density at radius 1 is 1.33 bits per heavy atom. The van der Waals surface area contributed by atoms with Crippen LogP contribution < -0.4 is 5.32 Å². The van der Waals surface area contributed by atoms with Crippen LogP contribution in [0.4, 0.5) is 0 Å². The summed E-state index contributed by atoms with van der Waals surface area (Å²) in [5.74, 6) is -1.07. The molecule has 0 saturated heterocycles. The molecule has 1 atom stereocenters. The van der Waals surface area contributed by atoms with E-state index >= 15 is 0 Å². The molecule has 5 heteroatoms. The van der Waals surface area contributed by atoms with Gasteiger partial charge in [-0.3, -0.25) is 4.79 Å². The highest BCUT2D eigenvalue weighted by atomic mass is 16.4. The Morgan fingerprint density at radius 3 is 2.56 bits per heavy atom. The lowest BCUT2D eigenvalue weighted by Crippen LogP contribution is -2.37. The van der Waals surface area contributed by atoms with Gasteiger partial charge in [-0.05, 0) is 18.4 Å². The van der Waals surface area contributed by atoms with Crippen molar-refractivity contribution in [1.82, 2.24) is 5.32 Å². The average molecular weight is 253 g/mol. The number of hydrogen-bond acceptors (Lipinski definition) is 4. The van der Waals surface area contributed by atoms with Gasteiger partial charge in [0.25, 0.3) is 0 Å². The first-order valence-electron chi connectivity index (χ1n) is 5.87. The number of aromatic hydroxyl groups is 2. The molecule has 18 heavy (non-hydrogen) atoms. The molecule has 100 valence electrons. The Labute approximate surface area is 106 Å². The summed E-state index contributed by atoms with van der Waals surface area (Å²) in [7, 11) is 0. The molecular formula is C13H19NO4. The van der Waals surface area contributed by atoms with Crippen LogP contribution in [-0.2, 0) is 11.3 Å². The van der Waals surface area contributed by atoms with Gasteiger partial charge in [0, 0.05) is 12.1 Å². The SMILES string of the molecule is CC(C)CC(NCc1cccc(O)c1O)C(=O)O. The fourth-order valence-corrected chi connectivity index (χ4v) is 1.70. The molecule has 1 aromatic carbocycles. The standard InChI is InChI=1S/C13H19NO4/c1-8(2)6-10(13(17)18)14-7-9-4-3-5-11(15)12(9)16/h3-5,8,10,14-16H,6-7H2,1-2H3,(H,17,18). The van der Waals surface area contributed by atoms with Crippen molar-refractivity contribution in [2.45, 2.75) is 32.9 Å². The summed E-state index contributed by atoms with van der Waals surface area (Å²) in [6, 6.07) is 3.95. The second-order valence-corrected chi connectivity index (χ2v) is 4.69. The average Bonchev–Trinajstić information content (AvgIpc) is 2.28. The topological polar surface area (TPSA) is 89.8 Å². The molecule has 0 radical (unpaired) electrons. The van der Waals surface area contributed by atoms with Crippen molar-refractivity contribution in [2.24, 2.45) is 5.92 Å². The number of rotatable bonds is 6. The maximum absolute atomic E-state index is 11.0. The van der Waals surface area contributed by atoms with Crippen LogP contribution in [0.2, 0.25) is 0 Å². The van der Waals surface area contributed by atoms with E-state index in [0.29, 0.717) is 12.0 Å². The Hall–Kier alpha value is -1.75. The fourth-order valence-electron chi connectivity index (χ4n) is 1.70. The number of phenolic OH excluding ortho intramolecular Hbond substituents is 2. The van der Waals surface area contributed by atoms with Gasteiger partial charge in [-0.15, -0.1) is 0 Å². The van der Waals surface area contributed by atoms with Crippen LogP contribution in [0.15, 0.2) is 18.2 Å². The van der Waals surface area contributed by atoms with E-state index in [9.17, 15) is 15.0 Å². The third kappa shape index (κ3) is 3.92. The van der Waals surface area contributed by atoms with Crippen LogP contribution in [0.3, 0.4) is 0 Å². The maximum atomic E-state index is 11.0. The van der Waals surface area contributed by atoms with Gasteiger partial charge in [-0.2, -0.15) is 0 Å². The summed E-state index contributed by atoms with van der Waals surface area (Å²) in [6.07, 6.45) is 0.509. The van der Waals surface area contributed by atoms with Crippen molar-refractivity contribution in [3.05, 3.63) is 23.8 Å². The van der Waals surface area contributed by atoms with Crippen LogP contribution in [0.1, 0.15) is 25.8 Å². The molecule has 0 aliphatic heterocycles. The summed E-state index contributed by atoms with van der Waals surface area (Å²) in [4.78, 5) is 11.0. The zero-order valence-electron chi connectivity index (χ0n) is 10.6. The molecule has 0 saturated carbocycles. The molecule has 0 aliphatic rings. The third-order valence-corrected chi connectivity index (χ3v) is 2.64. The Kier molecular flexibility index (Phi) is 4.97. The molecule has 0 amide bonds. The van der Waals surface area contributed by atoms with Crippen molar-refractivity contribution in [3.8, 4) is 11.5 Å². The fraction of sp³-hybridized carbons (Fsp3) is 0.462. The molecule has 0 heterocycles. The number of nitrogens with one attached hydrogen (secondary N) is 1. The lowest BCUT2D eigenvalue weighted by molar-refractivity contribution is -0.140. The van der Waals surface area contributed by atoms with Crippen LogP contribution in [0, 0.1) is 5.92 Å². The highest BCUT2D eigenvalue weighted by Gasteiger charge is 2.18. The number of aliphatic carboxylic acids is 1. The quantitative estimate of drug-likeness (QED) is 0.579. The summed E-state index contributed by atoms with van der Waals surface area (Å²) < 4.78 is 0. The molecule has 4 N–H and O–H groups in total. The summed E-state index contributed by atoms with van der Waals surface area (Å²) >= 11 is 0. The predicted molar refractivity (Wildman–Crippen MR) is 67.5 cm³/mol. The van der Waals surface area contributed by atoms with E-state index in [-0.39, 0.29) is 24.0 Å². The van der Waals surface area contributed by atoms with Crippen molar-refractivity contribution in [2.75, 3.05) is 0 Å². The highest BCUT2D eigenvalue weighted by Crippen LogP contribution is 2.28. The molecule has 0 fully saturated rings. The Morgan fingerprint density at radius 2 is 2.00 bits per heavy atom. The van der Waals surface area contributed by atoms with Gasteiger partial charge < -0.3 is 20.6 Å². The first-order valence-corrected chi connectivity index (χ1v) is 5.87. The van der Waals surface area contributed by atoms with E-state index in [0.717, 1.165) is 0 Å². The number of phenols is 2. The largest absolute Gasteiger partial charge is 0.504 e. The number of carboxylic acids is 1. The third-order valence-electron chi connectivity index (χ3n) is 2.64. The molecule has 0 spiro atoms. The van der Waals surface area contributed by atoms with Gasteiger partial charge in [-0.25, -0.2) is 0 Å². The van der Waals surface area contributed by atoms with Crippen LogP contribution in [-0.4, -0.2) is 27.3 Å². The first-order chi connectivity index (χ1) is 8.41. The van der Waals surface area contributed by atoms with Gasteiger partial charge in [0.15, 0.2) is 11.5 Å². The minimum atomic E-state index is -0.914. The summed E-state index contributed by atoms with van der Waals surface area (Å²) in [6.45, 7) is 4.09. The Balaban J connectivity index is 2.67. The van der Waals surface area contributed by atoms with Crippen molar-refractivity contribution in [3.63, 3.8) is 0 Å². The van der Waals surface area contributed by atoms with Gasteiger partial charge in [0.05, 0.1) is 0 Å². The van der Waals surface area contributed by atoms with Crippen LogP contribution >= 0.6 is 0 Å². The van der Waals surface area contributed by atoms with Crippen molar-refractivity contribution < 1.29 is 20.1 Å². The zero-order chi connectivity index (χ0) is 13.7. The van der Waals surface area contributed by atoms with E-state index < -0.39 is 12.0 Å². The molecule has 0 aromatic heterocycles.